The van der Waals surface area contributed by atoms with Gasteiger partial charge in [0.15, 0.2) is 0 Å². The summed E-state index contributed by atoms with van der Waals surface area (Å²) in [5.74, 6) is 0.736. The number of nitrogens with zero attached hydrogens (tertiary/aromatic N) is 1. The molecule has 0 spiro atoms. The second-order valence-electron chi connectivity index (χ2n) is 6.55. The maximum Gasteiger partial charge on any atom is 0.0218 e. The first kappa shape index (κ1) is 14.0. The molecule has 1 saturated heterocycles. The van der Waals surface area contributed by atoms with Crippen molar-refractivity contribution in [3.63, 3.8) is 0 Å². The lowest BCUT2D eigenvalue weighted by Gasteiger charge is -2.43. The van der Waals surface area contributed by atoms with Crippen molar-refractivity contribution in [1.29, 1.82) is 0 Å². The molecule has 2 atom stereocenters. The first-order valence-corrected chi connectivity index (χ1v) is 6.83. The van der Waals surface area contributed by atoms with E-state index in [-0.39, 0.29) is 0 Å². The highest BCUT2D eigenvalue weighted by atomic mass is 15.2. The molecule has 2 heteroatoms. The molecule has 1 aliphatic heterocycles. The number of hydrogen-bond acceptors (Lipinski definition) is 2. The lowest BCUT2D eigenvalue weighted by Crippen LogP contribution is -2.58. The first-order chi connectivity index (χ1) is 7.35. The van der Waals surface area contributed by atoms with Crippen molar-refractivity contribution in [3.8, 4) is 0 Å². The predicted octanol–water partition coefficient (Wildman–Crippen LogP) is 2.74. The van der Waals surface area contributed by atoms with Crippen LogP contribution in [0.15, 0.2) is 0 Å². The predicted molar refractivity (Wildman–Crippen MR) is 71.7 cm³/mol. The third kappa shape index (κ3) is 3.74. The van der Waals surface area contributed by atoms with Gasteiger partial charge in [0.25, 0.3) is 0 Å². The van der Waals surface area contributed by atoms with E-state index >= 15 is 0 Å². The van der Waals surface area contributed by atoms with Crippen molar-refractivity contribution in [3.05, 3.63) is 0 Å². The van der Waals surface area contributed by atoms with Crippen LogP contribution < -0.4 is 5.32 Å². The highest BCUT2D eigenvalue weighted by Crippen LogP contribution is 2.24. The molecule has 1 aliphatic rings. The lowest BCUT2D eigenvalue weighted by atomic mass is 9.88. The van der Waals surface area contributed by atoms with Crippen LogP contribution in [0.25, 0.3) is 0 Å². The van der Waals surface area contributed by atoms with Crippen molar-refractivity contribution in [2.75, 3.05) is 19.6 Å². The first-order valence-electron chi connectivity index (χ1n) is 6.83. The molecule has 1 rings (SSSR count). The summed E-state index contributed by atoms with van der Waals surface area (Å²) in [6.45, 7) is 17.6. The normalized spacial score (nSPS) is 28.7. The Kier molecular flexibility index (Phi) is 4.81. The molecule has 2 unspecified atom stereocenters. The van der Waals surface area contributed by atoms with E-state index in [1.54, 1.807) is 0 Å². The number of piperazine rings is 1. The molecule has 0 aliphatic carbocycles. The van der Waals surface area contributed by atoms with E-state index in [1.807, 2.05) is 0 Å². The molecule has 0 amide bonds. The summed E-state index contributed by atoms with van der Waals surface area (Å²) in [4.78, 5) is 2.67. The van der Waals surface area contributed by atoms with Gasteiger partial charge in [0, 0.05) is 31.7 Å². The summed E-state index contributed by atoms with van der Waals surface area (Å²) < 4.78 is 0. The third-order valence-electron chi connectivity index (χ3n) is 4.12. The summed E-state index contributed by atoms with van der Waals surface area (Å²) in [6.07, 6.45) is 1.26. The van der Waals surface area contributed by atoms with Crippen LogP contribution in [0.3, 0.4) is 0 Å². The molecule has 96 valence electrons. The quantitative estimate of drug-likeness (QED) is 0.793. The second-order valence-corrected chi connectivity index (χ2v) is 6.55. The largest absolute Gasteiger partial charge is 0.311 e. The Labute approximate surface area is 102 Å². The SMILES string of the molecule is CCC(C)(C)CN1CC(C(C)C)NCC1C. The molecule has 16 heavy (non-hydrogen) atoms. The van der Waals surface area contributed by atoms with Crippen LogP contribution in [0.2, 0.25) is 0 Å². The average Bonchev–Trinajstić information content (AvgIpc) is 2.21. The fourth-order valence-electron chi connectivity index (χ4n) is 2.28. The van der Waals surface area contributed by atoms with Crippen molar-refractivity contribution >= 4 is 0 Å². The van der Waals surface area contributed by atoms with Gasteiger partial charge in [-0.15, -0.1) is 0 Å². The van der Waals surface area contributed by atoms with Gasteiger partial charge in [0.1, 0.15) is 0 Å². The van der Waals surface area contributed by atoms with E-state index in [1.165, 1.54) is 19.5 Å². The van der Waals surface area contributed by atoms with Gasteiger partial charge in [0.05, 0.1) is 0 Å². The summed E-state index contributed by atoms with van der Waals surface area (Å²) in [7, 11) is 0. The van der Waals surface area contributed by atoms with Gasteiger partial charge in [0.2, 0.25) is 0 Å². The fourth-order valence-corrected chi connectivity index (χ4v) is 2.28. The molecule has 1 fully saturated rings. The zero-order chi connectivity index (χ0) is 12.3. The minimum Gasteiger partial charge on any atom is -0.311 e. The van der Waals surface area contributed by atoms with Crippen molar-refractivity contribution in [1.82, 2.24) is 10.2 Å². The number of hydrogen-bond donors (Lipinski definition) is 1. The van der Waals surface area contributed by atoms with Crippen LogP contribution in [0, 0.1) is 11.3 Å². The molecule has 2 nitrogen and oxygen atoms in total. The topological polar surface area (TPSA) is 15.3 Å². The standard InChI is InChI=1S/C14H30N2/c1-7-14(5,6)10-16-9-13(11(2)3)15-8-12(16)4/h11-13,15H,7-10H2,1-6H3. The van der Waals surface area contributed by atoms with Crippen LogP contribution >= 0.6 is 0 Å². The average molecular weight is 226 g/mol. The molecular formula is C14H30N2. The Morgan fingerprint density at radius 2 is 2.00 bits per heavy atom. The highest BCUT2D eigenvalue weighted by molar-refractivity contribution is 4.87. The Balaban J connectivity index is 2.56. The van der Waals surface area contributed by atoms with E-state index in [0.717, 1.165) is 12.5 Å². The van der Waals surface area contributed by atoms with Gasteiger partial charge < -0.3 is 5.32 Å². The minimum atomic E-state index is 0.452. The summed E-state index contributed by atoms with van der Waals surface area (Å²) in [6, 6.07) is 1.35. The molecule has 1 N–H and O–H groups in total. The van der Waals surface area contributed by atoms with Crippen LogP contribution in [-0.4, -0.2) is 36.6 Å². The smallest absolute Gasteiger partial charge is 0.0218 e. The van der Waals surface area contributed by atoms with Gasteiger partial charge in [-0.2, -0.15) is 0 Å². The maximum absolute atomic E-state index is 3.66. The van der Waals surface area contributed by atoms with E-state index in [0.29, 0.717) is 17.5 Å². The number of nitrogens with one attached hydrogen (secondary N) is 1. The third-order valence-corrected chi connectivity index (χ3v) is 4.12. The zero-order valence-corrected chi connectivity index (χ0v) is 12.0. The van der Waals surface area contributed by atoms with E-state index in [2.05, 4.69) is 51.8 Å². The van der Waals surface area contributed by atoms with Gasteiger partial charge in [-0.25, -0.2) is 0 Å². The highest BCUT2D eigenvalue weighted by Gasteiger charge is 2.30. The Hall–Kier alpha value is -0.0800. The van der Waals surface area contributed by atoms with E-state index < -0.39 is 0 Å². The molecular weight excluding hydrogens is 196 g/mol. The zero-order valence-electron chi connectivity index (χ0n) is 12.0. The van der Waals surface area contributed by atoms with Gasteiger partial charge >= 0.3 is 0 Å². The van der Waals surface area contributed by atoms with Crippen LogP contribution in [0.5, 0.6) is 0 Å². The molecule has 0 aromatic rings. The monoisotopic (exact) mass is 226 g/mol. The van der Waals surface area contributed by atoms with E-state index in [4.69, 9.17) is 0 Å². The van der Waals surface area contributed by atoms with Crippen molar-refractivity contribution in [2.45, 2.75) is 60.0 Å². The summed E-state index contributed by atoms with van der Waals surface area (Å²) in [5.41, 5.74) is 0.452. The van der Waals surface area contributed by atoms with Crippen LogP contribution in [0.4, 0.5) is 0 Å². The number of rotatable bonds is 4. The van der Waals surface area contributed by atoms with Crippen molar-refractivity contribution in [2.24, 2.45) is 11.3 Å². The van der Waals surface area contributed by atoms with Crippen molar-refractivity contribution < 1.29 is 0 Å². The van der Waals surface area contributed by atoms with Crippen LogP contribution in [0.1, 0.15) is 48.0 Å². The van der Waals surface area contributed by atoms with Gasteiger partial charge in [-0.3, -0.25) is 4.90 Å². The Morgan fingerprint density at radius 1 is 1.38 bits per heavy atom. The molecule has 0 aromatic heterocycles. The molecule has 0 saturated carbocycles. The molecule has 0 radical (unpaired) electrons. The molecule has 1 heterocycles. The minimum absolute atomic E-state index is 0.452. The van der Waals surface area contributed by atoms with Gasteiger partial charge in [-0.1, -0.05) is 34.6 Å². The van der Waals surface area contributed by atoms with E-state index in [9.17, 15) is 0 Å². The Bertz CT molecular complexity index is 211. The van der Waals surface area contributed by atoms with Gasteiger partial charge in [-0.05, 0) is 24.7 Å². The second kappa shape index (κ2) is 5.50. The summed E-state index contributed by atoms with van der Waals surface area (Å²) in [5, 5.41) is 3.66. The lowest BCUT2D eigenvalue weighted by molar-refractivity contribution is 0.0794. The molecule has 0 aromatic carbocycles. The molecule has 0 bridgehead atoms. The summed E-state index contributed by atoms with van der Waals surface area (Å²) >= 11 is 0. The maximum atomic E-state index is 3.66. The van der Waals surface area contributed by atoms with Crippen LogP contribution in [-0.2, 0) is 0 Å². The Morgan fingerprint density at radius 3 is 2.50 bits per heavy atom. The fraction of sp³-hybridized carbons (Fsp3) is 1.00.